The van der Waals surface area contributed by atoms with Gasteiger partial charge in [0.2, 0.25) is 11.8 Å². The van der Waals surface area contributed by atoms with Crippen molar-refractivity contribution in [1.82, 2.24) is 5.32 Å². The Labute approximate surface area is 132 Å². The highest BCUT2D eigenvalue weighted by molar-refractivity contribution is 5.90. The number of carbonyl (C=O) groups excluding carboxylic acids is 2. The van der Waals surface area contributed by atoms with Crippen LogP contribution in [0.3, 0.4) is 0 Å². The quantitative estimate of drug-likeness (QED) is 0.689. The molecule has 0 aliphatic heterocycles. The molecule has 0 aromatic heterocycles. The van der Waals surface area contributed by atoms with Crippen LogP contribution >= 0.6 is 0 Å². The van der Waals surface area contributed by atoms with E-state index in [2.05, 4.69) is 10.6 Å². The van der Waals surface area contributed by atoms with Gasteiger partial charge in [0.15, 0.2) is 0 Å². The summed E-state index contributed by atoms with van der Waals surface area (Å²) in [6.45, 7) is 6.49. The Balaban J connectivity index is 2.44. The van der Waals surface area contributed by atoms with Crippen LogP contribution in [0.2, 0.25) is 0 Å². The van der Waals surface area contributed by atoms with Crippen molar-refractivity contribution in [3.8, 4) is 0 Å². The fraction of sp³-hybridized carbons (Fsp3) is 0.529. The third kappa shape index (κ3) is 6.72. The summed E-state index contributed by atoms with van der Waals surface area (Å²) in [6, 6.07) is 6.98. The van der Waals surface area contributed by atoms with Gasteiger partial charge in [-0.1, -0.05) is 32.9 Å². The van der Waals surface area contributed by atoms with E-state index in [0.717, 1.165) is 17.7 Å². The maximum atomic E-state index is 11.8. The molecule has 1 aromatic carbocycles. The molecule has 0 heterocycles. The van der Waals surface area contributed by atoms with Crippen molar-refractivity contribution in [1.29, 1.82) is 0 Å². The van der Waals surface area contributed by atoms with Crippen LogP contribution in [-0.4, -0.2) is 17.9 Å². The first kappa shape index (κ1) is 18.2. The van der Waals surface area contributed by atoms with Gasteiger partial charge in [0, 0.05) is 18.7 Å². The van der Waals surface area contributed by atoms with Crippen molar-refractivity contribution < 1.29 is 9.59 Å². The van der Waals surface area contributed by atoms with Gasteiger partial charge in [-0.05, 0) is 36.5 Å². The molecule has 0 aliphatic carbocycles. The van der Waals surface area contributed by atoms with E-state index in [4.69, 9.17) is 5.73 Å². The minimum absolute atomic E-state index is 0.0169. The SMILES string of the molecule is CCCC(=O)Nc1ccc(CNC(=O)[C@@H](N)CC(C)C)cc1. The van der Waals surface area contributed by atoms with Gasteiger partial charge in [-0.3, -0.25) is 9.59 Å². The maximum absolute atomic E-state index is 11.8. The average molecular weight is 305 g/mol. The number of rotatable bonds is 8. The van der Waals surface area contributed by atoms with Crippen molar-refractivity contribution in [2.24, 2.45) is 11.7 Å². The minimum atomic E-state index is -0.465. The zero-order chi connectivity index (χ0) is 16.5. The van der Waals surface area contributed by atoms with E-state index in [-0.39, 0.29) is 11.8 Å². The summed E-state index contributed by atoms with van der Waals surface area (Å²) in [5, 5.41) is 5.66. The lowest BCUT2D eigenvalue weighted by atomic mass is 10.0. The molecule has 5 heteroatoms. The molecule has 1 aromatic rings. The van der Waals surface area contributed by atoms with Crippen LogP contribution in [0.25, 0.3) is 0 Å². The summed E-state index contributed by atoms with van der Waals surface area (Å²) < 4.78 is 0. The third-order valence-electron chi connectivity index (χ3n) is 3.24. The molecule has 1 atom stereocenters. The number of nitrogens with one attached hydrogen (secondary N) is 2. The molecule has 0 aliphatic rings. The highest BCUT2D eigenvalue weighted by atomic mass is 16.2. The predicted octanol–water partition coefficient (Wildman–Crippen LogP) is 2.41. The van der Waals surface area contributed by atoms with Crippen LogP contribution in [0.1, 0.15) is 45.6 Å². The molecule has 0 spiro atoms. The number of benzene rings is 1. The van der Waals surface area contributed by atoms with Gasteiger partial charge in [-0.2, -0.15) is 0 Å². The number of amides is 2. The summed E-state index contributed by atoms with van der Waals surface area (Å²) in [5.41, 5.74) is 7.57. The first-order valence-electron chi connectivity index (χ1n) is 7.84. The minimum Gasteiger partial charge on any atom is -0.351 e. The molecular formula is C17H27N3O2. The standard InChI is InChI=1S/C17H27N3O2/c1-4-5-16(21)20-14-8-6-13(7-9-14)11-19-17(22)15(18)10-12(2)3/h6-9,12,15H,4-5,10-11,18H2,1-3H3,(H,19,22)(H,20,21)/t15-/m0/s1. The Morgan fingerprint density at radius 3 is 2.36 bits per heavy atom. The molecule has 4 N–H and O–H groups in total. The summed E-state index contributed by atoms with van der Waals surface area (Å²) >= 11 is 0. The Bertz CT molecular complexity index is 483. The molecule has 5 nitrogen and oxygen atoms in total. The topological polar surface area (TPSA) is 84.2 Å². The smallest absolute Gasteiger partial charge is 0.237 e. The van der Waals surface area contributed by atoms with E-state index < -0.39 is 6.04 Å². The van der Waals surface area contributed by atoms with E-state index >= 15 is 0 Å². The highest BCUT2D eigenvalue weighted by Gasteiger charge is 2.14. The van der Waals surface area contributed by atoms with Gasteiger partial charge in [-0.25, -0.2) is 0 Å². The van der Waals surface area contributed by atoms with Crippen molar-refractivity contribution in [3.05, 3.63) is 29.8 Å². The lowest BCUT2D eigenvalue weighted by molar-refractivity contribution is -0.122. The summed E-state index contributed by atoms with van der Waals surface area (Å²) in [7, 11) is 0. The van der Waals surface area contributed by atoms with Crippen LogP contribution in [-0.2, 0) is 16.1 Å². The van der Waals surface area contributed by atoms with Gasteiger partial charge in [-0.15, -0.1) is 0 Å². The second kappa shape index (κ2) is 9.20. The molecule has 1 rings (SSSR count). The second-order valence-corrected chi connectivity index (χ2v) is 5.95. The summed E-state index contributed by atoms with van der Waals surface area (Å²) in [5.74, 6) is 0.281. The van der Waals surface area contributed by atoms with E-state index in [1.54, 1.807) is 0 Å². The zero-order valence-electron chi connectivity index (χ0n) is 13.7. The van der Waals surface area contributed by atoms with Crippen molar-refractivity contribution in [2.45, 2.75) is 52.6 Å². The Morgan fingerprint density at radius 1 is 1.18 bits per heavy atom. The van der Waals surface area contributed by atoms with Crippen LogP contribution < -0.4 is 16.4 Å². The fourth-order valence-electron chi connectivity index (χ4n) is 2.09. The molecule has 22 heavy (non-hydrogen) atoms. The van der Waals surface area contributed by atoms with Crippen LogP contribution in [0.5, 0.6) is 0 Å². The first-order valence-corrected chi connectivity index (χ1v) is 7.84. The molecule has 0 fully saturated rings. The summed E-state index contributed by atoms with van der Waals surface area (Å²) in [6.07, 6.45) is 2.02. The van der Waals surface area contributed by atoms with Crippen molar-refractivity contribution in [3.63, 3.8) is 0 Å². The molecule has 0 unspecified atom stereocenters. The molecule has 122 valence electrons. The van der Waals surface area contributed by atoms with E-state index in [0.29, 0.717) is 25.3 Å². The Morgan fingerprint density at radius 2 is 1.82 bits per heavy atom. The van der Waals surface area contributed by atoms with E-state index in [9.17, 15) is 9.59 Å². The van der Waals surface area contributed by atoms with Crippen LogP contribution in [0.4, 0.5) is 5.69 Å². The predicted molar refractivity (Wildman–Crippen MR) is 89.3 cm³/mol. The largest absolute Gasteiger partial charge is 0.351 e. The number of carbonyl (C=O) groups is 2. The van der Waals surface area contributed by atoms with Crippen LogP contribution in [0.15, 0.2) is 24.3 Å². The fourth-order valence-corrected chi connectivity index (χ4v) is 2.09. The lowest BCUT2D eigenvalue weighted by Gasteiger charge is -2.14. The van der Waals surface area contributed by atoms with E-state index in [1.807, 2.05) is 45.0 Å². The molecule has 0 radical (unpaired) electrons. The Hall–Kier alpha value is -1.88. The second-order valence-electron chi connectivity index (χ2n) is 5.95. The van der Waals surface area contributed by atoms with Gasteiger partial charge in [0.05, 0.1) is 6.04 Å². The third-order valence-corrected chi connectivity index (χ3v) is 3.24. The Kier molecular flexibility index (Phi) is 7.60. The highest BCUT2D eigenvalue weighted by Crippen LogP contribution is 2.10. The molecule has 2 amide bonds. The number of nitrogens with two attached hydrogens (primary N) is 1. The van der Waals surface area contributed by atoms with Gasteiger partial charge < -0.3 is 16.4 Å². The monoisotopic (exact) mass is 305 g/mol. The first-order chi connectivity index (χ1) is 10.4. The molecular weight excluding hydrogens is 278 g/mol. The molecule has 0 saturated heterocycles. The van der Waals surface area contributed by atoms with Gasteiger partial charge >= 0.3 is 0 Å². The molecule has 0 bridgehead atoms. The number of hydrogen-bond acceptors (Lipinski definition) is 3. The van der Waals surface area contributed by atoms with Gasteiger partial charge in [0.1, 0.15) is 0 Å². The van der Waals surface area contributed by atoms with Crippen molar-refractivity contribution >= 4 is 17.5 Å². The molecule has 0 saturated carbocycles. The lowest BCUT2D eigenvalue weighted by Crippen LogP contribution is -2.41. The van der Waals surface area contributed by atoms with E-state index in [1.165, 1.54) is 0 Å². The van der Waals surface area contributed by atoms with Crippen LogP contribution in [0, 0.1) is 5.92 Å². The number of anilines is 1. The maximum Gasteiger partial charge on any atom is 0.237 e. The number of hydrogen-bond donors (Lipinski definition) is 3. The zero-order valence-corrected chi connectivity index (χ0v) is 13.7. The average Bonchev–Trinajstić information content (AvgIpc) is 2.45. The normalized spacial score (nSPS) is 12.0. The summed E-state index contributed by atoms with van der Waals surface area (Å²) in [4.78, 5) is 23.3. The van der Waals surface area contributed by atoms with Crippen molar-refractivity contribution in [2.75, 3.05) is 5.32 Å². The van der Waals surface area contributed by atoms with Gasteiger partial charge in [0.25, 0.3) is 0 Å².